The quantitative estimate of drug-likeness (QED) is 0.667. The summed E-state index contributed by atoms with van der Waals surface area (Å²) in [5.41, 5.74) is 0.675. The lowest BCUT2D eigenvalue weighted by Crippen LogP contribution is -2.28. The van der Waals surface area contributed by atoms with Gasteiger partial charge in [0.25, 0.3) is 0 Å². The Morgan fingerprint density at radius 3 is 2.77 bits per heavy atom. The third-order valence-corrected chi connectivity index (χ3v) is 2.44. The van der Waals surface area contributed by atoms with Crippen molar-refractivity contribution in [3.8, 4) is 0 Å². The molecule has 2 unspecified atom stereocenters. The summed E-state index contributed by atoms with van der Waals surface area (Å²) in [4.78, 5) is 11.1. The first-order chi connectivity index (χ1) is 6.06. The fourth-order valence-corrected chi connectivity index (χ4v) is 1.91. The number of ether oxygens (including phenoxy) is 1. The van der Waals surface area contributed by atoms with E-state index in [1.54, 1.807) is 13.0 Å². The van der Waals surface area contributed by atoms with Crippen molar-refractivity contribution in [3.05, 3.63) is 22.2 Å². The highest BCUT2D eigenvalue weighted by Gasteiger charge is 2.31. The van der Waals surface area contributed by atoms with Gasteiger partial charge < -0.3 is 4.74 Å². The van der Waals surface area contributed by atoms with E-state index < -0.39 is 18.1 Å². The van der Waals surface area contributed by atoms with E-state index in [-0.39, 0.29) is 0 Å². The number of carbonyl (C=O) groups excluding carboxylic acids is 1. The molecule has 0 aromatic rings. The van der Waals surface area contributed by atoms with Gasteiger partial charge in [0.1, 0.15) is 12.1 Å². The van der Waals surface area contributed by atoms with Gasteiger partial charge in [0.05, 0.1) is 7.11 Å². The average molecular weight is 249 g/mol. The second kappa shape index (κ2) is 4.05. The van der Waals surface area contributed by atoms with Crippen LogP contribution in [0.2, 0.25) is 0 Å². The predicted molar refractivity (Wildman–Crippen MR) is 51.2 cm³/mol. The lowest BCUT2D eigenvalue weighted by atomic mass is 9.91. The molecular formula is C9H10BrFO2. The number of hydrogen-bond donors (Lipinski definition) is 0. The van der Waals surface area contributed by atoms with E-state index >= 15 is 0 Å². The Hall–Kier alpha value is -0.640. The van der Waals surface area contributed by atoms with Crippen LogP contribution in [0.3, 0.4) is 0 Å². The second-order valence-corrected chi connectivity index (χ2v) is 3.80. The summed E-state index contributed by atoms with van der Waals surface area (Å²) in [6.07, 6.45) is 1.78. The van der Waals surface area contributed by atoms with E-state index in [1.165, 1.54) is 13.2 Å². The number of alkyl halides is 1. The minimum absolute atomic E-state index is 0.530. The van der Waals surface area contributed by atoms with Crippen molar-refractivity contribution in [2.45, 2.75) is 13.1 Å². The second-order valence-electron chi connectivity index (χ2n) is 2.89. The van der Waals surface area contributed by atoms with Crippen LogP contribution in [-0.4, -0.2) is 19.3 Å². The van der Waals surface area contributed by atoms with Gasteiger partial charge in [0.2, 0.25) is 0 Å². The van der Waals surface area contributed by atoms with E-state index in [1.807, 2.05) is 0 Å². The average Bonchev–Trinajstić information content (AvgIpc) is 2.02. The van der Waals surface area contributed by atoms with E-state index in [9.17, 15) is 9.18 Å². The first kappa shape index (κ1) is 10.4. The molecule has 72 valence electrons. The van der Waals surface area contributed by atoms with Gasteiger partial charge in [0.15, 0.2) is 0 Å². The van der Waals surface area contributed by atoms with Crippen molar-refractivity contribution in [2.24, 2.45) is 5.92 Å². The van der Waals surface area contributed by atoms with E-state index in [4.69, 9.17) is 0 Å². The molecule has 2 nitrogen and oxygen atoms in total. The van der Waals surface area contributed by atoms with Gasteiger partial charge in [0, 0.05) is 4.48 Å². The van der Waals surface area contributed by atoms with Gasteiger partial charge in [-0.1, -0.05) is 21.5 Å². The smallest absolute Gasteiger partial charge is 0.316 e. The molecule has 1 aliphatic carbocycles. The molecule has 0 N–H and O–H groups in total. The summed E-state index contributed by atoms with van der Waals surface area (Å²) in [6, 6.07) is 0. The van der Waals surface area contributed by atoms with Crippen LogP contribution in [-0.2, 0) is 9.53 Å². The summed E-state index contributed by atoms with van der Waals surface area (Å²) in [6.45, 7) is 1.71. The number of carbonyl (C=O) groups is 1. The summed E-state index contributed by atoms with van der Waals surface area (Å²) in [7, 11) is 1.26. The lowest BCUT2D eigenvalue weighted by molar-refractivity contribution is -0.145. The fourth-order valence-electron chi connectivity index (χ4n) is 1.30. The van der Waals surface area contributed by atoms with E-state index in [0.717, 1.165) is 0 Å². The number of esters is 1. The van der Waals surface area contributed by atoms with Gasteiger partial charge in [-0.15, -0.1) is 0 Å². The summed E-state index contributed by atoms with van der Waals surface area (Å²) < 4.78 is 18.5. The largest absolute Gasteiger partial charge is 0.468 e. The molecule has 0 spiro atoms. The zero-order valence-electron chi connectivity index (χ0n) is 7.38. The highest BCUT2D eigenvalue weighted by Crippen LogP contribution is 2.29. The van der Waals surface area contributed by atoms with Gasteiger partial charge in [-0.05, 0) is 19.1 Å². The zero-order chi connectivity index (χ0) is 10.0. The molecule has 0 fully saturated rings. The van der Waals surface area contributed by atoms with Crippen LogP contribution < -0.4 is 0 Å². The number of hydrogen-bond acceptors (Lipinski definition) is 2. The molecule has 2 atom stereocenters. The van der Waals surface area contributed by atoms with Crippen molar-refractivity contribution in [1.29, 1.82) is 0 Å². The van der Waals surface area contributed by atoms with Crippen LogP contribution in [0.4, 0.5) is 4.39 Å². The van der Waals surface area contributed by atoms with Crippen molar-refractivity contribution in [1.82, 2.24) is 0 Å². The standard InChI is InChI=1S/C9H10BrFO2/c1-5-3-6(10)4-7(11)8(5)9(12)13-2/h3-4,7-8H,1-2H3. The van der Waals surface area contributed by atoms with Crippen LogP contribution in [0.15, 0.2) is 22.2 Å². The van der Waals surface area contributed by atoms with Gasteiger partial charge >= 0.3 is 5.97 Å². The Bertz CT molecular complexity index is 283. The minimum Gasteiger partial charge on any atom is -0.468 e. The van der Waals surface area contributed by atoms with Crippen LogP contribution >= 0.6 is 15.9 Å². The minimum atomic E-state index is -1.30. The Labute approximate surface area is 84.6 Å². The Morgan fingerprint density at radius 2 is 2.31 bits per heavy atom. The Morgan fingerprint density at radius 1 is 1.69 bits per heavy atom. The maximum atomic E-state index is 13.3. The van der Waals surface area contributed by atoms with Crippen molar-refractivity contribution >= 4 is 21.9 Å². The monoisotopic (exact) mass is 248 g/mol. The van der Waals surface area contributed by atoms with Crippen LogP contribution in [0.5, 0.6) is 0 Å². The van der Waals surface area contributed by atoms with E-state index in [2.05, 4.69) is 20.7 Å². The summed E-state index contributed by atoms with van der Waals surface area (Å²) >= 11 is 3.16. The molecule has 0 aliphatic heterocycles. The Balaban J connectivity index is 2.90. The molecule has 0 heterocycles. The molecule has 0 aromatic heterocycles. The van der Waals surface area contributed by atoms with Crippen LogP contribution in [0.1, 0.15) is 6.92 Å². The van der Waals surface area contributed by atoms with E-state index in [0.29, 0.717) is 10.1 Å². The molecular weight excluding hydrogens is 239 g/mol. The summed E-state index contributed by atoms with van der Waals surface area (Å²) in [5.74, 6) is -1.32. The molecule has 0 saturated heterocycles. The number of allylic oxidation sites excluding steroid dienone is 3. The van der Waals surface area contributed by atoms with Crippen LogP contribution in [0.25, 0.3) is 0 Å². The van der Waals surface area contributed by atoms with Crippen molar-refractivity contribution in [2.75, 3.05) is 7.11 Å². The molecule has 1 aliphatic rings. The van der Waals surface area contributed by atoms with Gasteiger partial charge in [-0.2, -0.15) is 0 Å². The maximum absolute atomic E-state index is 13.3. The third-order valence-electron chi connectivity index (χ3n) is 1.95. The molecule has 0 bridgehead atoms. The third kappa shape index (κ3) is 2.18. The molecule has 0 saturated carbocycles. The number of halogens is 2. The van der Waals surface area contributed by atoms with Gasteiger partial charge in [-0.25, -0.2) is 4.39 Å². The lowest BCUT2D eigenvalue weighted by Gasteiger charge is -2.20. The highest BCUT2D eigenvalue weighted by atomic mass is 79.9. The zero-order valence-corrected chi connectivity index (χ0v) is 8.97. The fraction of sp³-hybridized carbons (Fsp3) is 0.444. The Kier molecular flexibility index (Phi) is 3.25. The first-order valence-electron chi connectivity index (χ1n) is 3.83. The van der Waals surface area contributed by atoms with Gasteiger partial charge in [-0.3, -0.25) is 4.79 Å². The normalized spacial score (nSPS) is 27.7. The molecule has 4 heteroatoms. The first-order valence-corrected chi connectivity index (χ1v) is 4.63. The van der Waals surface area contributed by atoms with Crippen molar-refractivity contribution < 1.29 is 13.9 Å². The molecule has 1 rings (SSSR count). The predicted octanol–water partition coefficient (Wildman–Crippen LogP) is 2.35. The maximum Gasteiger partial charge on any atom is 0.316 e. The molecule has 13 heavy (non-hydrogen) atoms. The molecule has 0 aromatic carbocycles. The molecule has 0 radical (unpaired) electrons. The highest BCUT2D eigenvalue weighted by molar-refractivity contribution is 9.11. The van der Waals surface area contributed by atoms with Crippen LogP contribution in [0, 0.1) is 5.92 Å². The number of methoxy groups -OCH3 is 1. The summed E-state index contributed by atoms with van der Waals surface area (Å²) in [5, 5.41) is 0. The molecule has 0 amide bonds. The van der Waals surface area contributed by atoms with Crippen molar-refractivity contribution in [3.63, 3.8) is 0 Å². The topological polar surface area (TPSA) is 26.3 Å². The SMILES string of the molecule is COC(=O)C1C(C)=CC(Br)=CC1F. The number of rotatable bonds is 1.